The first-order valence-electron chi connectivity index (χ1n) is 21.8. The fourth-order valence-electron chi connectivity index (χ4n) is 8.78. The summed E-state index contributed by atoms with van der Waals surface area (Å²) < 4.78 is 0. The molecule has 66 heavy (non-hydrogen) atoms. The van der Waals surface area contributed by atoms with Gasteiger partial charge >= 0.3 is 0 Å². The molecule has 11 aromatic rings. The van der Waals surface area contributed by atoms with Gasteiger partial charge in [0.1, 0.15) is 0 Å². The van der Waals surface area contributed by atoms with Gasteiger partial charge in [0.2, 0.25) is 0 Å². The van der Waals surface area contributed by atoms with Crippen molar-refractivity contribution in [1.82, 2.24) is 15.0 Å². The van der Waals surface area contributed by atoms with E-state index in [1.807, 2.05) is 115 Å². The molecule has 0 amide bonds. The van der Waals surface area contributed by atoms with Crippen molar-refractivity contribution in [2.75, 3.05) is 0 Å². The maximum absolute atomic E-state index is 10.2. The van der Waals surface area contributed by atoms with Gasteiger partial charge in [-0.25, -0.2) is 19.8 Å². The van der Waals surface area contributed by atoms with E-state index in [0.717, 1.165) is 55.6 Å². The third kappa shape index (κ3) is 7.64. The highest BCUT2D eigenvalue weighted by Gasteiger charge is 2.17. The molecule has 0 aliphatic rings. The Kier molecular flexibility index (Phi) is 10.3. The van der Waals surface area contributed by atoms with Crippen LogP contribution in [0.1, 0.15) is 5.56 Å². The summed E-state index contributed by atoms with van der Waals surface area (Å²) in [6.45, 7) is 8.28. The Hall–Kier alpha value is -9.29. The van der Waals surface area contributed by atoms with Crippen LogP contribution in [0.3, 0.4) is 0 Å². The van der Waals surface area contributed by atoms with Gasteiger partial charge in [-0.2, -0.15) is 5.26 Å². The molecule has 10 aromatic carbocycles. The molecule has 0 fully saturated rings. The highest BCUT2D eigenvalue weighted by atomic mass is 15.0. The second kappa shape index (κ2) is 17.1. The van der Waals surface area contributed by atoms with E-state index in [2.05, 4.69) is 120 Å². The molecule has 1 aromatic heterocycles. The number of nitriles is 1. The summed E-state index contributed by atoms with van der Waals surface area (Å²) in [5.41, 5.74) is 13.5. The molecule has 0 aliphatic heterocycles. The van der Waals surface area contributed by atoms with Crippen LogP contribution in [0.5, 0.6) is 0 Å². The fourth-order valence-corrected chi connectivity index (χ4v) is 8.78. The van der Waals surface area contributed by atoms with Crippen molar-refractivity contribution in [3.63, 3.8) is 0 Å². The zero-order chi connectivity index (χ0) is 44.4. The summed E-state index contributed by atoms with van der Waals surface area (Å²) in [5, 5.41) is 15.2. The van der Waals surface area contributed by atoms with E-state index in [4.69, 9.17) is 21.5 Å². The molecule has 0 bridgehead atoms. The minimum atomic E-state index is 0.462. The van der Waals surface area contributed by atoms with Gasteiger partial charge in [-0.15, -0.1) is 0 Å². The standard InChI is InChI=1S/C61H37N5/c1-63-58-38-49(47-18-10-17-46(34-47)40-22-24-41(25-23-40)48-29-28-44-27-26-43-14-8-9-21-55(43)57(44)37-48)30-33-56(58)50-19-11-20-51(35-50)60-64-59(45-15-6-3-7-16-45)65-61(66-60)52-31-32-54(53(36-52)39-62)42-12-4-2-5-13-42/h2-38H. The van der Waals surface area contributed by atoms with Crippen LogP contribution in [0.15, 0.2) is 224 Å². The lowest BCUT2D eigenvalue weighted by Gasteiger charge is -2.12. The Labute approximate surface area is 383 Å². The van der Waals surface area contributed by atoms with E-state index in [-0.39, 0.29) is 0 Å². The molecule has 11 rings (SSSR count). The van der Waals surface area contributed by atoms with Crippen LogP contribution in [0.2, 0.25) is 0 Å². The van der Waals surface area contributed by atoms with E-state index in [1.54, 1.807) is 0 Å². The molecule has 0 saturated heterocycles. The number of aromatic nitrogens is 3. The monoisotopic (exact) mass is 839 g/mol. The molecule has 0 spiro atoms. The number of benzene rings is 10. The first kappa shape index (κ1) is 39.5. The second-order valence-electron chi connectivity index (χ2n) is 16.2. The molecule has 0 radical (unpaired) electrons. The van der Waals surface area contributed by atoms with Crippen molar-refractivity contribution >= 4 is 27.2 Å². The Morgan fingerprint density at radius 3 is 1.48 bits per heavy atom. The third-order valence-corrected chi connectivity index (χ3v) is 12.2. The summed E-state index contributed by atoms with van der Waals surface area (Å²) >= 11 is 0. The quantitative estimate of drug-likeness (QED) is 0.113. The summed E-state index contributed by atoms with van der Waals surface area (Å²) in [4.78, 5) is 18.9. The van der Waals surface area contributed by atoms with Crippen LogP contribution < -0.4 is 0 Å². The topological polar surface area (TPSA) is 66.8 Å². The Bertz CT molecular complexity index is 3710. The average Bonchev–Trinajstić information content (AvgIpc) is 3.40. The smallest absolute Gasteiger partial charge is 0.195 e. The molecular formula is C61H37N5. The van der Waals surface area contributed by atoms with Gasteiger partial charge in [0.25, 0.3) is 0 Å². The van der Waals surface area contributed by atoms with Crippen molar-refractivity contribution in [1.29, 1.82) is 5.26 Å². The Morgan fingerprint density at radius 1 is 0.333 bits per heavy atom. The van der Waals surface area contributed by atoms with Gasteiger partial charge in [0, 0.05) is 16.7 Å². The highest BCUT2D eigenvalue weighted by molar-refractivity contribution is 6.08. The molecule has 0 N–H and O–H groups in total. The lowest BCUT2D eigenvalue weighted by Crippen LogP contribution is -2.00. The number of rotatable bonds is 8. The average molecular weight is 840 g/mol. The van der Waals surface area contributed by atoms with E-state index in [1.165, 1.54) is 32.7 Å². The normalized spacial score (nSPS) is 11.0. The van der Waals surface area contributed by atoms with Gasteiger partial charge < -0.3 is 0 Å². The SMILES string of the molecule is [C-]#[N+]c1cc(-c2cccc(-c3ccc(-c4ccc5ccc6ccccc6c5c4)cc3)c2)ccc1-c1cccc(-c2nc(-c3ccccc3)nc(-c3ccc(-c4ccccc4)c(C#N)c3)n2)c1. The first-order valence-corrected chi connectivity index (χ1v) is 21.8. The zero-order valence-corrected chi connectivity index (χ0v) is 35.6. The molecule has 0 aliphatic carbocycles. The van der Waals surface area contributed by atoms with E-state index >= 15 is 0 Å². The van der Waals surface area contributed by atoms with Crippen molar-refractivity contribution < 1.29 is 0 Å². The van der Waals surface area contributed by atoms with Crippen molar-refractivity contribution in [2.24, 2.45) is 0 Å². The molecular weight excluding hydrogens is 803 g/mol. The summed E-state index contributed by atoms with van der Waals surface area (Å²) in [6.07, 6.45) is 0. The van der Waals surface area contributed by atoms with Gasteiger partial charge in [0.15, 0.2) is 23.2 Å². The molecule has 0 unspecified atom stereocenters. The predicted octanol–water partition coefficient (Wildman–Crippen LogP) is 15.9. The molecule has 0 atom stereocenters. The van der Waals surface area contributed by atoms with Crippen molar-refractivity contribution in [3.05, 3.63) is 241 Å². The first-order chi connectivity index (χ1) is 32.6. The fraction of sp³-hybridized carbons (Fsp3) is 0. The highest BCUT2D eigenvalue weighted by Crippen LogP contribution is 2.38. The number of hydrogen-bond donors (Lipinski definition) is 0. The Morgan fingerprint density at radius 2 is 0.788 bits per heavy atom. The van der Waals surface area contributed by atoms with Gasteiger partial charge in [-0.1, -0.05) is 194 Å². The van der Waals surface area contributed by atoms with E-state index < -0.39 is 0 Å². The predicted molar refractivity (Wildman–Crippen MR) is 269 cm³/mol. The van der Waals surface area contributed by atoms with Gasteiger partial charge in [-0.05, 0) is 108 Å². The van der Waals surface area contributed by atoms with E-state index in [9.17, 15) is 5.26 Å². The lowest BCUT2D eigenvalue weighted by atomic mass is 9.94. The van der Waals surface area contributed by atoms with Gasteiger partial charge in [0.05, 0.1) is 18.2 Å². The second-order valence-corrected chi connectivity index (χ2v) is 16.2. The third-order valence-electron chi connectivity index (χ3n) is 12.2. The van der Waals surface area contributed by atoms with Crippen molar-refractivity contribution in [3.8, 4) is 95.9 Å². The molecule has 0 saturated carbocycles. The maximum atomic E-state index is 10.2. The van der Waals surface area contributed by atoms with E-state index in [0.29, 0.717) is 34.3 Å². The molecule has 306 valence electrons. The molecule has 5 nitrogen and oxygen atoms in total. The van der Waals surface area contributed by atoms with Crippen LogP contribution >= 0.6 is 0 Å². The molecule has 1 heterocycles. The minimum Gasteiger partial charge on any atom is -0.237 e. The maximum Gasteiger partial charge on any atom is 0.195 e. The summed E-state index contributed by atoms with van der Waals surface area (Å²) in [7, 11) is 0. The number of fused-ring (bicyclic) bond motifs is 3. The number of nitrogens with zero attached hydrogens (tertiary/aromatic N) is 5. The largest absolute Gasteiger partial charge is 0.237 e. The Balaban J connectivity index is 0.897. The zero-order valence-electron chi connectivity index (χ0n) is 35.6. The van der Waals surface area contributed by atoms with Crippen LogP contribution in [-0.2, 0) is 0 Å². The van der Waals surface area contributed by atoms with Crippen LogP contribution in [0.4, 0.5) is 5.69 Å². The molecule has 5 heteroatoms. The van der Waals surface area contributed by atoms with Crippen LogP contribution in [-0.4, -0.2) is 15.0 Å². The number of hydrogen-bond acceptors (Lipinski definition) is 4. The summed E-state index contributed by atoms with van der Waals surface area (Å²) in [6, 6.07) is 78.8. The summed E-state index contributed by atoms with van der Waals surface area (Å²) in [5.74, 6) is 1.47. The lowest BCUT2D eigenvalue weighted by molar-refractivity contribution is 1.07. The van der Waals surface area contributed by atoms with Crippen molar-refractivity contribution in [2.45, 2.75) is 0 Å². The van der Waals surface area contributed by atoms with Gasteiger partial charge in [-0.3, -0.25) is 0 Å². The van der Waals surface area contributed by atoms with Crippen LogP contribution in [0, 0.1) is 17.9 Å². The van der Waals surface area contributed by atoms with Crippen LogP contribution in [0.25, 0.3) is 116 Å². The minimum absolute atomic E-state index is 0.462.